The molecular weight excluding hydrogens is 435 g/mol. The van der Waals surface area contributed by atoms with Gasteiger partial charge in [-0.05, 0) is 81.9 Å². The number of fused-ring (bicyclic) bond motifs is 2. The van der Waals surface area contributed by atoms with Gasteiger partial charge in [0.1, 0.15) is 5.58 Å². The molecule has 4 rings (SSSR count). The molecule has 1 aromatic heterocycles. The summed E-state index contributed by atoms with van der Waals surface area (Å²) in [5.74, 6) is -0.163. The molecule has 0 bridgehead atoms. The third-order valence-electron chi connectivity index (χ3n) is 5.85. The van der Waals surface area contributed by atoms with E-state index in [1.54, 1.807) is 17.0 Å². The van der Waals surface area contributed by atoms with E-state index >= 15 is 0 Å². The second-order valence-corrected chi connectivity index (χ2v) is 9.15. The van der Waals surface area contributed by atoms with Gasteiger partial charge in [-0.1, -0.05) is 29.3 Å². The van der Waals surface area contributed by atoms with Gasteiger partial charge >= 0.3 is 0 Å². The highest BCUT2D eigenvalue weighted by molar-refractivity contribution is 6.42. The molecule has 1 amide bonds. The Morgan fingerprint density at radius 1 is 1.03 bits per heavy atom. The van der Waals surface area contributed by atoms with E-state index in [1.807, 2.05) is 46.1 Å². The Labute approximate surface area is 191 Å². The Hall–Kier alpha value is -2.34. The van der Waals surface area contributed by atoms with Gasteiger partial charge < -0.3 is 14.2 Å². The van der Waals surface area contributed by atoms with Gasteiger partial charge in [0.2, 0.25) is 5.76 Å². The van der Waals surface area contributed by atoms with E-state index in [-0.39, 0.29) is 17.1 Å². The number of rotatable bonds is 5. The highest BCUT2D eigenvalue weighted by atomic mass is 35.5. The van der Waals surface area contributed by atoms with E-state index in [0.717, 1.165) is 29.7 Å². The van der Waals surface area contributed by atoms with Crippen LogP contribution in [0.1, 0.15) is 45.3 Å². The highest BCUT2D eigenvalue weighted by Crippen LogP contribution is 2.40. The monoisotopic (exact) mass is 458 g/mol. The van der Waals surface area contributed by atoms with Crippen molar-refractivity contribution in [3.8, 4) is 0 Å². The first-order valence-electron chi connectivity index (χ1n) is 10.2. The largest absolute Gasteiger partial charge is 0.450 e. The molecule has 31 heavy (non-hydrogen) atoms. The lowest BCUT2D eigenvalue weighted by atomic mass is 9.97. The predicted octanol–water partition coefficient (Wildman–Crippen LogP) is 5.21. The van der Waals surface area contributed by atoms with Crippen molar-refractivity contribution in [2.75, 3.05) is 27.2 Å². The van der Waals surface area contributed by atoms with Crippen molar-refractivity contribution >= 4 is 40.1 Å². The lowest BCUT2D eigenvalue weighted by Gasteiger charge is -2.26. The number of aryl methyl sites for hydroxylation is 2. The first-order valence-corrected chi connectivity index (χ1v) is 10.9. The predicted molar refractivity (Wildman–Crippen MR) is 124 cm³/mol. The van der Waals surface area contributed by atoms with E-state index in [9.17, 15) is 9.59 Å². The summed E-state index contributed by atoms with van der Waals surface area (Å²) in [6, 6.07) is 8.31. The molecule has 2 aromatic carbocycles. The van der Waals surface area contributed by atoms with Crippen molar-refractivity contribution in [2.24, 2.45) is 0 Å². The molecule has 162 valence electrons. The summed E-state index contributed by atoms with van der Waals surface area (Å²) in [6.07, 6.45) is 0.760. The van der Waals surface area contributed by atoms with E-state index < -0.39 is 6.04 Å². The van der Waals surface area contributed by atoms with Crippen molar-refractivity contribution in [3.63, 3.8) is 0 Å². The van der Waals surface area contributed by atoms with Crippen LogP contribution in [0.15, 0.2) is 39.5 Å². The number of carbonyl (C=O) groups is 1. The molecule has 0 fully saturated rings. The first-order chi connectivity index (χ1) is 14.7. The number of benzene rings is 2. The summed E-state index contributed by atoms with van der Waals surface area (Å²) < 4.78 is 6.04. The number of nitrogens with zero attached hydrogens (tertiary/aromatic N) is 2. The van der Waals surface area contributed by atoms with Gasteiger partial charge in [0, 0.05) is 6.54 Å². The zero-order valence-corrected chi connectivity index (χ0v) is 19.5. The van der Waals surface area contributed by atoms with Crippen LogP contribution in [0.3, 0.4) is 0 Å². The van der Waals surface area contributed by atoms with Crippen molar-refractivity contribution in [1.29, 1.82) is 0 Å². The van der Waals surface area contributed by atoms with E-state index in [2.05, 4.69) is 4.90 Å². The minimum atomic E-state index is -0.568. The number of carbonyl (C=O) groups excluding carboxylic acids is 1. The minimum absolute atomic E-state index is 0.113. The number of amides is 1. The maximum atomic E-state index is 13.6. The molecule has 0 aliphatic carbocycles. The molecule has 3 aromatic rings. The zero-order chi connectivity index (χ0) is 22.4. The molecule has 2 heterocycles. The fourth-order valence-corrected chi connectivity index (χ4v) is 4.40. The molecule has 0 saturated heterocycles. The van der Waals surface area contributed by atoms with Gasteiger partial charge in [-0.25, -0.2) is 0 Å². The highest BCUT2D eigenvalue weighted by Gasteiger charge is 2.42. The zero-order valence-electron chi connectivity index (χ0n) is 18.0. The molecule has 5 nitrogen and oxygen atoms in total. The molecule has 1 unspecified atom stereocenters. The van der Waals surface area contributed by atoms with Gasteiger partial charge in [0.05, 0.1) is 27.0 Å². The Morgan fingerprint density at radius 2 is 1.74 bits per heavy atom. The second kappa shape index (κ2) is 8.30. The van der Waals surface area contributed by atoms with E-state index in [4.69, 9.17) is 27.6 Å². The van der Waals surface area contributed by atoms with Gasteiger partial charge in [0.25, 0.3) is 5.91 Å². The molecule has 1 atom stereocenters. The van der Waals surface area contributed by atoms with Crippen LogP contribution in [-0.4, -0.2) is 42.9 Å². The number of hydrogen-bond acceptors (Lipinski definition) is 4. The maximum absolute atomic E-state index is 13.6. The Kier molecular flexibility index (Phi) is 5.86. The van der Waals surface area contributed by atoms with Crippen LogP contribution < -0.4 is 5.43 Å². The van der Waals surface area contributed by atoms with Crippen molar-refractivity contribution in [2.45, 2.75) is 26.3 Å². The fourth-order valence-electron chi connectivity index (χ4n) is 4.09. The van der Waals surface area contributed by atoms with E-state index in [1.165, 1.54) is 0 Å². The standard InChI is InChI=1S/C24H24Cl2N2O3/c1-13-10-16-19(11-14(13)2)31-23-20(22(16)29)21(15-6-7-17(25)18(26)12-15)28(24(23)30)9-5-8-27(3)4/h6-7,10-12,21H,5,8-9H2,1-4H3. The van der Waals surface area contributed by atoms with E-state index in [0.29, 0.717) is 33.1 Å². The summed E-state index contributed by atoms with van der Waals surface area (Å²) >= 11 is 12.4. The molecule has 0 saturated carbocycles. The summed E-state index contributed by atoms with van der Waals surface area (Å²) in [5, 5.41) is 1.28. The van der Waals surface area contributed by atoms with Crippen LogP contribution in [0, 0.1) is 13.8 Å². The number of hydrogen-bond donors (Lipinski definition) is 0. The quantitative estimate of drug-likeness (QED) is 0.526. The minimum Gasteiger partial charge on any atom is -0.450 e. The van der Waals surface area contributed by atoms with Gasteiger partial charge in [-0.2, -0.15) is 0 Å². The lowest BCUT2D eigenvalue weighted by Crippen LogP contribution is -2.32. The Morgan fingerprint density at radius 3 is 2.42 bits per heavy atom. The van der Waals surface area contributed by atoms with Crippen molar-refractivity contribution in [3.05, 3.63) is 78.6 Å². The SMILES string of the molecule is Cc1cc2oc3c(c(=O)c2cc1C)C(c1ccc(Cl)c(Cl)c1)N(CCCN(C)C)C3=O. The van der Waals surface area contributed by atoms with Gasteiger partial charge in [0.15, 0.2) is 5.43 Å². The van der Waals surface area contributed by atoms with Gasteiger partial charge in [-0.15, -0.1) is 0 Å². The first kappa shape index (κ1) is 21.9. The number of halogens is 2. The van der Waals surface area contributed by atoms with Crippen LogP contribution >= 0.6 is 23.2 Å². The third-order valence-corrected chi connectivity index (χ3v) is 6.58. The normalized spacial score (nSPS) is 15.9. The summed E-state index contributed by atoms with van der Waals surface area (Å²) in [5.41, 5.74) is 3.36. The molecule has 1 aliphatic rings. The fraction of sp³-hybridized carbons (Fsp3) is 0.333. The van der Waals surface area contributed by atoms with Crippen LogP contribution in [0.5, 0.6) is 0 Å². The topological polar surface area (TPSA) is 53.8 Å². The molecule has 1 aliphatic heterocycles. The van der Waals surface area contributed by atoms with Crippen LogP contribution in [0.4, 0.5) is 0 Å². The smallest absolute Gasteiger partial charge is 0.290 e. The van der Waals surface area contributed by atoms with Crippen LogP contribution in [0.25, 0.3) is 11.0 Å². The van der Waals surface area contributed by atoms with Crippen molar-refractivity contribution in [1.82, 2.24) is 9.80 Å². The molecule has 0 N–H and O–H groups in total. The summed E-state index contributed by atoms with van der Waals surface area (Å²) in [7, 11) is 3.97. The Bertz CT molecular complexity index is 1250. The van der Waals surface area contributed by atoms with Crippen LogP contribution in [0.2, 0.25) is 10.0 Å². The molecule has 0 spiro atoms. The third kappa shape index (κ3) is 3.86. The Balaban J connectivity index is 1.92. The second-order valence-electron chi connectivity index (χ2n) is 8.34. The van der Waals surface area contributed by atoms with Crippen LogP contribution in [-0.2, 0) is 0 Å². The molecule has 7 heteroatoms. The lowest BCUT2D eigenvalue weighted by molar-refractivity contribution is 0.0722. The summed E-state index contributed by atoms with van der Waals surface area (Å²) in [6.45, 7) is 5.21. The summed E-state index contributed by atoms with van der Waals surface area (Å²) in [4.78, 5) is 30.7. The molecule has 0 radical (unpaired) electrons. The van der Waals surface area contributed by atoms with Gasteiger partial charge in [-0.3, -0.25) is 9.59 Å². The average molecular weight is 459 g/mol. The average Bonchev–Trinajstić information content (AvgIpc) is 2.98. The maximum Gasteiger partial charge on any atom is 0.290 e. The molecular formula is C24H24Cl2N2O3. The van der Waals surface area contributed by atoms with Crippen molar-refractivity contribution < 1.29 is 9.21 Å².